The molecule has 0 saturated carbocycles. The molecule has 0 spiro atoms. The predicted molar refractivity (Wildman–Crippen MR) is 66.1 cm³/mol. The highest BCUT2D eigenvalue weighted by Gasteiger charge is 2.21. The Balaban J connectivity index is 1.97. The second-order valence-electron chi connectivity index (χ2n) is 3.64. The Morgan fingerprint density at radius 3 is 3.13 bits per heavy atom. The molecule has 15 heavy (non-hydrogen) atoms. The van der Waals surface area contributed by atoms with Gasteiger partial charge in [-0.1, -0.05) is 0 Å². The van der Waals surface area contributed by atoms with Crippen LogP contribution in [-0.4, -0.2) is 37.2 Å². The molecule has 3 nitrogen and oxygen atoms in total. The Bertz CT molecular complexity index is 318. The average Bonchev–Trinajstić information content (AvgIpc) is 2.65. The summed E-state index contributed by atoms with van der Waals surface area (Å²) in [5.41, 5.74) is 5.72. The first kappa shape index (κ1) is 11.5. The lowest BCUT2D eigenvalue weighted by molar-refractivity contribution is -0.00747. The van der Waals surface area contributed by atoms with Crippen molar-refractivity contribution < 1.29 is 4.74 Å². The first-order chi connectivity index (χ1) is 7.29. The van der Waals surface area contributed by atoms with Gasteiger partial charge < -0.3 is 10.5 Å². The maximum absolute atomic E-state index is 5.72. The van der Waals surface area contributed by atoms with E-state index in [1.54, 1.807) is 11.3 Å². The third-order valence-electron chi connectivity index (χ3n) is 2.61. The second kappa shape index (κ2) is 5.41. The van der Waals surface area contributed by atoms with Gasteiger partial charge >= 0.3 is 0 Å². The monoisotopic (exact) mass is 290 g/mol. The molecule has 2 rings (SSSR count). The van der Waals surface area contributed by atoms with Crippen molar-refractivity contribution in [2.24, 2.45) is 5.73 Å². The lowest BCUT2D eigenvalue weighted by atomic mass is 10.2. The molecule has 1 aromatic rings. The summed E-state index contributed by atoms with van der Waals surface area (Å²) in [5.74, 6) is 0. The fourth-order valence-corrected chi connectivity index (χ4v) is 3.26. The van der Waals surface area contributed by atoms with Crippen LogP contribution in [0.15, 0.2) is 15.9 Å². The van der Waals surface area contributed by atoms with E-state index in [2.05, 4.69) is 33.0 Å². The van der Waals surface area contributed by atoms with Crippen molar-refractivity contribution in [1.29, 1.82) is 0 Å². The highest BCUT2D eigenvalue weighted by molar-refractivity contribution is 9.11. The summed E-state index contributed by atoms with van der Waals surface area (Å²) in [6.07, 6.45) is 0. The molecule has 2 heterocycles. The van der Waals surface area contributed by atoms with Gasteiger partial charge in [0.1, 0.15) is 0 Å². The van der Waals surface area contributed by atoms with Crippen LogP contribution in [-0.2, 0) is 11.3 Å². The number of nitrogens with two attached hydrogens (primary N) is 1. The van der Waals surface area contributed by atoms with Crippen molar-refractivity contribution in [3.8, 4) is 0 Å². The minimum atomic E-state index is 0.375. The lowest BCUT2D eigenvalue weighted by Gasteiger charge is -2.34. The highest BCUT2D eigenvalue weighted by Crippen LogP contribution is 2.24. The molecule has 0 aromatic carbocycles. The van der Waals surface area contributed by atoms with Crippen LogP contribution >= 0.6 is 27.3 Å². The molecular formula is C10H15BrN2OS. The van der Waals surface area contributed by atoms with Gasteiger partial charge in [-0.05, 0) is 28.1 Å². The average molecular weight is 291 g/mol. The summed E-state index contributed by atoms with van der Waals surface area (Å²) in [4.78, 5) is 3.78. The third-order valence-corrected chi connectivity index (χ3v) is 4.22. The van der Waals surface area contributed by atoms with Crippen molar-refractivity contribution >= 4 is 27.3 Å². The van der Waals surface area contributed by atoms with Gasteiger partial charge in [0, 0.05) is 30.6 Å². The van der Waals surface area contributed by atoms with E-state index in [4.69, 9.17) is 10.5 Å². The van der Waals surface area contributed by atoms with Crippen molar-refractivity contribution in [1.82, 2.24) is 4.90 Å². The number of morpholine rings is 1. The molecule has 5 heteroatoms. The quantitative estimate of drug-likeness (QED) is 0.920. The standard InChI is InChI=1S/C10H15BrN2OS/c11-10-2-1-9(15-10)6-13-3-4-14-7-8(13)5-12/h1-2,8H,3-7,12H2. The van der Waals surface area contributed by atoms with Gasteiger partial charge in [-0.25, -0.2) is 0 Å². The molecule has 1 unspecified atom stereocenters. The van der Waals surface area contributed by atoms with Gasteiger partial charge in [0.25, 0.3) is 0 Å². The number of ether oxygens (including phenoxy) is 1. The fraction of sp³-hybridized carbons (Fsp3) is 0.600. The summed E-state index contributed by atoms with van der Waals surface area (Å²) in [7, 11) is 0. The molecule has 1 saturated heterocycles. The van der Waals surface area contributed by atoms with Crippen molar-refractivity contribution in [2.75, 3.05) is 26.3 Å². The van der Waals surface area contributed by atoms with Crippen LogP contribution in [0.5, 0.6) is 0 Å². The molecular weight excluding hydrogens is 276 g/mol. The maximum atomic E-state index is 5.72. The molecule has 1 aromatic heterocycles. The zero-order valence-electron chi connectivity index (χ0n) is 8.49. The highest BCUT2D eigenvalue weighted by atomic mass is 79.9. The second-order valence-corrected chi connectivity index (χ2v) is 6.19. The van der Waals surface area contributed by atoms with Crippen molar-refractivity contribution in [3.63, 3.8) is 0 Å². The van der Waals surface area contributed by atoms with Crippen LogP contribution in [0.3, 0.4) is 0 Å². The molecule has 0 amide bonds. The van der Waals surface area contributed by atoms with E-state index in [-0.39, 0.29) is 0 Å². The van der Waals surface area contributed by atoms with E-state index in [0.29, 0.717) is 12.6 Å². The summed E-state index contributed by atoms with van der Waals surface area (Å²) < 4.78 is 6.61. The van der Waals surface area contributed by atoms with Crippen molar-refractivity contribution in [3.05, 3.63) is 20.8 Å². The first-order valence-electron chi connectivity index (χ1n) is 5.05. The summed E-state index contributed by atoms with van der Waals surface area (Å²) in [6, 6.07) is 4.63. The SMILES string of the molecule is NCC1COCCN1Cc1ccc(Br)s1. The van der Waals surface area contributed by atoms with Crippen LogP contribution in [0.4, 0.5) is 0 Å². The lowest BCUT2D eigenvalue weighted by Crippen LogP contribution is -2.48. The molecule has 0 bridgehead atoms. The number of hydrogen-bond acceptors (Lipinski definition) is 4. The topological polar surface area (TPSA) is 38.5 Å². The van der Waals surface area contributed by atoms with Crippen LogP contribution in [0, 0.1) is 0 Å². The zero-order valence-corrected chi connectivity index (χ0v) is 10.9. The Morgan fingerprint density at radius 1 is 1.60 bits per heavy atom. The van der Waals surface area contributed by atoms with Gasteiger partial charge in [0.05, 0.1) is 17.0 Å². The maximum Gasteiger partial charge on any atom is 0.0701 e. The van der Waals surface area contributed by atoms with E-state index >= 15 is 0 Å². The van der Waals surface area contributed by atoms with Gasteiger partial charge in [0.15, 0.2) is 0 Å². The minimum absolute atomic E-state index is 0.375. The molecule has 2 N–H and O–H groups in total. The smallest absolute Gasteiger partial charge is 0.0701 e. The molecule has 84 valence electrons. The molecule has 1 fully saturated rings. The Morgan fingerprint density at radius 2 is 2.47 bits per heavy atom. The van der Waals surface area contributed by atoms with Crippen LogP contribution in [0.1, 0.15) is 4.88 Å². The number of halogens is 1. The van der Waals surface area contributed by atoms with Crippen LogP contribution in [0.25, 0.3) is 0 Å². The van der Waals surface area contributed by atoms with E-state index in [1.165, 1.54) is 8.66 Å². The van der Waals surface area contributed by atoms with Crippen LogP contribution < -0.4 is 5.73 Å². The Labute approximate surface area is 102 Å². The number of hydrogen-bond donors (Lipinski definition) is 1. The minimum Gasteiger partial charge on any atom is -0.378 e. The molecule has 1 aliphatic heterocycles. The summed E-state index contributed by atoms with van der Waals surface area (Å²) in [5, 5.41) is 0. The zero-order chi connectivity index (χ0) is 10.7. The first-order valence-corrected chi connectivity index (χ1v) is 6.66. The number of nitrogens with zero attached hydrogens (tertiary/aromatic N) is 1. The molecule has 0 aliphatic carbocycles. The molecule has 1 aliphatic rings. The third kappa shape index (κ3) is 3.01. The van der Waals surface area contributed by atoms with E-state index in [9.17, 15) is 0 Å². The molecule has 0 radical (unpaired) electrons. The van der Waals surface area contributed by atoms with Gasteiger partial charge in [0.2, 0.25) is 0 Å². The summed E-state index contributed by atoms with van der Waals surface area (Å²) >= 11 is 5.27. The molecule has 1 atom stereocenters. The van der Waals surface area contributed by atoms with Gasteiger partial charge in [-0.3, -0.25) is 4.90 Å². The Hall–Kier alpha value is 0.0600. The van der Waals surface area contributed by atoms with E-state index in [0.717, 1.165) is 26.3 Å². The van der Waals surface area contributed by atoms with E-state index in [1.807, 2.05) is 0 Å². The summed E-state index contributed by atoms with van der Waals surface area (Å²) in [6.45, 7) is 4.23. The number of rotatable bonds is 3. The normalized spacial score (nSPS) is 23.2. The van der Waals surface area contributed by atoms with Crippen molar-refractivity contribution in [2.45, 2.75) is 12.6 Å². The van der Waals surface area contributed by atoms with Crippen LogP contribution in [0.2, 0.25) is 0 Å². The largest absolute Gasteiger partial charge is 0.378 e. The van der Waals surface area contributed by atoms with Gasteiger partial charge in [-0.2, -0.15) is 0 Å². The van der Waals surface area contributed by atoms with E-state index < -0.39 is 0 Å². The van der Waals surface area contributed by atoms with Gasteiger partial charge in [-0.15, -0.1) is 11.3 Å². The predicted octanol–water partition coefficient (Wildman–Crippen LogP) is 1.67. The Kier molecular flexibility index (Phi) is 4.16. The number of thiophene rings is 1. The fourth-order valence-electron chi connectivity index (χ4n) is 1.75.